The first-order valence-electron chi connectivity index (χ1n) is 16.0. The maximum absolute atomic E-state index is 4.33. The Morgan fingerprint density at radius 1 is 1.07 bits per heavy atom. The zero-order chi connectivity index (χ0) is 30.2. The van der Waals surface area contributed by atoms with Gasteiger partial charge in [-0.15, -0.1) is 0 Å². The maximum atomic E-state index is 4.33. The van der Waals surface area contributed by atoms with Crippen molar-refractivity contribution in [1.82, 2.24) is 15.6 Å². The van der Waals surface area contributed by atoms with E-state index in [-0.39, 0.29) is 0 Å². The lowest BCUT2D eigenvalue weighted by atomic mass is 9.92. The standard InChI is InChI=1S/C39H53N3/c1-7-32(6)39(42-22-14-18-33-16-11-10-12-17-33)27-36(38(9-3)35-19-13-15-30(4)25-35)21-24-40-28-31(5)26-37-29-41-23-20-34(37)8-2/h9,11,13,15-17,19-20,23,25-27,29,40,42H,7-8,10,12,14,18,21-22,24,28H2,1-6H3/b31-26+,36-27-,38-9-,39-32-. The van der Waals surface area contributed by atoms with E-state index in [1.165, 1.54) is 68.7 Å². The number of allylic oxidation sites excluding steroid dienone is 8. The van der Waals surface area contributed by atoms with Gasteiger partial charge in [0.2, 0.25) is 0 Å². The van der Waals surface area contributed by atoms with Crippen LogP contribution in [0.3, 0.4) is 0 Å². The van der Waals surface area contributed by atoms with Crippen LogP contribution in [0.15, 0.2) is 101 Å². The molecule has 1 aliphatic rings. The highest BCUT2D eigenvalue weighted by Crippen LogP contribution is 2.28. The SMILES string of the molecule is C\C=C(/C(=C\C(NCCCC1=CCCC=C1)=C(/C)CC)CCNC/C(C)=C/c1cnccc1CC)c1cccc(C)c1. The first kappa shape index (κ1) is 33.1. The van der Waals surface area contributed by atoms with Gasteiger partial charge in [0, 0.05) is 31.2 Å². The van der Waals surface area contributed by atoms with Crippen LogP contribution in [0, 0.1) is 6.92 Å². The van der Waals surface area contributed by atoms with Gasteiger partial charge in [-0.2, -0.15) is 0 Å². The Kier molecular flexibility index (Phi) is 14.3. The van der Waals surface area contributed by atoms with Crippen molar-refractivity contribution in [3.8, 4) is 0 Å². The Morgan fingerprint density at radius 3 is 2.64 bits per heavy atom. The summed E-state index contributed by atoms with van der Waals surface area (Å²) in [5, 5.41) is 7.53. The molecular formula is C39H53N3. The molecule has 0 saturated carbocycles. The highest BCUT2D eigenvalue weighted by atomic mass is 14.9. The monoisotopic (exact) mass is 563 g/mol. The summed E-state index contributed by atoms with van der Waals surface area (Å²) in [4.78, 5) is 4.33. The molecule has 0 unspecified atom stereocenters. The molecule has 3 nitrogen and oxygen atoms in total. The minimum atomic E-state index is 0.861. The van der Waals surface area contributed by atoms with E-state index in [0.29, 0.717) is 0 Å². The number of rotatable bonds is 16. The molecule has 0 aliphatic heterocycles. The molecule has 3 heteroatoms. The molecule has 0 saturated heterocycles. The summed E-state index contributed by atoms with van der Waals surface area (Å²) in [6, 6.07) is 11.0. The van der Waals surface area contributed by atoms with Crippen molar-refractivity contribution >= 4 is 11.6 Å². The van der Waals surface area contributed by atoms with Gasteiger partial charge in [0.05, 0.1) is 0 Å². The van der Waals surface area contributed by atoms with Gasteiger partial charge in [-0.25, -0.2) is 0 Å². The maximum Gasteiger partial charge on any atom is 0.0343 e. The Balaban J connectivity index is 1.75. The van der Waals surface area contributed by atoms with Crippen LogP contribution in [-0.4, -0.2) is 24.6 Å². The van der Waals surface area contributed by atoms with E-state index in [0.717, 1.165) is 51.7 Å². The molecule has 0 amide bonds. The second-order valence-corrected chi connectivity index (χ2v) is 11.4. The summed E-state index contributed by atoms with van der Waals surface area (Å²) in [6.07, 6.45) is 25.5. The van der Waals surface area contributed by atoms with Crippen molar-refractivity contribution in [2.24, 2.45) is 0 Å². The van der Waals surface area contributed by atoms with Crippen molar-refractivity contribution in [2.45, 2.75) is 86.5 Å². The topological polar surface area (TPSA) is 37.0 Å². The Bertz CT molecular complexity index is 1330. The summed E-state index contributed by atoms with van der Waals surface area (Å²) >= 11 is 0. The van der Waals surface area contributed by atoms with Crippen molar-refractivity contribution in [3.05, 3.63) is 123 Å². The summed E-state index contributed by atoms with van der Waals surface area (Å²) in [7, 11) is 0. The molecule has 0 spiro atoms. The van der Waals surface area contributed by atoms with Crippen molar-refractivity contribution in [2.75, 3.05) is 19.6 Å². The molecule has 1 aliphatic carbocycles. The van der Waals surface area contributed by atoms with E-state index in [1.54, 1.807) is 0 Å². The quantitative estimate of drug-likeness (QED) is 0.158. The van der Waals surface area contributed by atoms with E-state index in [1.807, 2.05) is 12.4 Å². The van der Waals surface area contributed by atoms with Crippen LogP contribution >= 0.6 is 0 Å². The van der Waals surface area contributed by atoms with E-state index < -0.39 is 0 Å². The Morgan fingerprint density at radius 2 is 1.93 bits per heavy atom. The molecule has 42 heavy (non-hydrogen) atoms. The minimum absolute atomic E-state index is 0.861. The van der Waals surface area contributed by atoms with Gasteiger partial charge in [0.1, 0.15) is 0 Å². The van der Waals surface area contributed by atoms with Crippen molar-refractivity contribution < 1.29 is 0 Å². The number of aromatic nitrogens is 1. The zero-order valence-electron chi connectivity index (χ0n) is 27.0. The minimum Gasteiger partial charge on any atom is -0.385 e. The fourth-order valence-corrected chi connectivity index (χ4v) is 5.41. The average molecular weight is 564 g/mol. The van der Waals surface area contributed by atoms with Gasteiger partial charge in [0.25, 0.3) is 0 Å². The van der Waals surface area contributed by atoms with Crippen LogP contribution in [0.2, 0.25) is 0 Å². The van der Waals surface area contributed by atoms with Crippen LogP contribution < -0.4 is 10.6 Å². The molecule has 0 atom stereocenters. The van der Waals surface area contributed by atoms with Gasteiger partial charge in [-0.3, -0.25) is 4.98 Å². The smallest absolute Gasteiger partial charge is 0.0343 e. The van der Waals surface area contributed by atoms with Gasteiger partial charge in [-0.05, 0) is 119 Å². The molecule has 2 N–H and O–H groups in total. The van der Waals surface area contributed by atoms with Crippen LogP contribution in [0.5, 0.6) is 0 Å². The average Bonchev–Trinajstić information content (AvgIpc) is 3.01. The molecule has 1 aromatic carbocycles. The largest absolute Gasteiger partial charge is 0.385 e. The molecule has 0 bridgehead atoms. The summed E-state index contributed by atoms with van der Waals surface area (Å²) < 4.78 is 0. The molecule has 1 aromatic heterocycles. The summed E-state index contributed by atoms with van der Waals surface area (Å²) in [6.45, 7) is 16.0. The molecule has 0 fully saturated rings. The van der Waals surface area contributed by atoms with Crippen LogP contribution in [0.1, 0.15) is 95.4 Å². The summed E-state index contributed by atoms with van der Waals surface area (Å²) in [5.41, 5.74) is 13.3. The molecular weight excluding hydrogens is 510 g/mol. The number of hydrogen-bond acceptors (Lipinski definition) is 3. The normalized spacial score (nSPS) is 15.0. The van der Waals surface area contributed by atoms with E-state index in [2.05, 4.69) is 124 Å². The zero-order valence-corrected chi connectivity index (χ0v) is 27.0. The Hall–Kier alpha value is -3.43. The van der Waals surface area contributed by atoms with Crippen LogP contribution in [-0.2, 0) is 6.42 Å². The van der Waals surface area contributed by atoms with E-state index in [9.17, 15) is 0 Å². The fourth-order valence-electron chi connectivity index (χ4n) is 5.41. The number of nitrogens with one attached hydrogen (secondary N) is 2. The second-order valence-electron chi connectivity index (χ2n) is 11.4. The highest BCUT2D eigenvalue weighted by Gasteiger charge is 2.11. The molecule has 3 rings (SSSR count). The lowest BCUT2D eigenvalue weighted by Gasteiger charge is -2.18. The van der Waals surface area contributed by atoms with Gasteiger partial charge < -0.3 is 10.6 Å². The first-order chi connectivity index (χ1) is 20.4. The molecule has 224 valence electrons. The number of aryl methyl sites for hydroxylation is 2. The van der Waals surface area contributed by atoms with Gasteiger partial charge in [-0.1, -0.05) is 90.8 Å². The lowest BCUT2D eigenvalue weighted by molar-refractivity contribution is 0.717. The fraction of sp³-hybridized carbons (Fsp3) is 0.410. The predicted molar refractivity (Wildman–Crippen MR) is 184 cm³/mol. The summed E-state index contributed by atoms with van der Waals surface area (Å²) in [5.74, 6) is 0. The second kappa shape index (κ2) is 18.2. The predicted octanol–water partition coefficient (Wildman–Crippen LogP) is 9.70. The Labute approximate surface area is 256 Å². The third-order valence-electron chi connectivity index (χ3n) is 8.01. The highest BCUT2D eigenvalue weighted by molar-refractivity contribution is 5.79. The lowest BCUT2D eigenvalue weighted by Crippen LogP contribution is -2.19. The molecule has 1 heterocycles. The van der Waals surface area contributed by atoms with E-state index in [4.69, 9.17) is 0 Å². The number of benzene rings is 1. The third kappa shape index (κ3) is 10.8. The van der Waals surface area contributed by atoms with Crippen LogP contribution in [0.25, 0.3) is 11.6 Å². The molecule has 2 aromatic rings. The third-order valence-corrected chi connectivity index (χ3v) is 8.01. The number of hydrogen-bond donors (Lipinski definition) is 2. The van der Waals surface area contributed by atoms with Crippen molar-refractivity contribution in [3.63, 3.8) is 0 Å². The number of nitrogens with zero attached hydrogens (tertiary/aromatic N) is 1. The number of pyridine rings is 1. The van der Waals surface area contributed by atoms with Crippen molar-refractivity contribution in [1.29, 1.82) is 0 Å². The first-order valence-corrected chi connectivity index (χ1v) is 16.0. The van der Waals surface area contributed by atoms with Gasteiger partial charge in [0.15, 0.2) is 0 Å². The molecule has 0 radical (unpaired) electrons. The van der Waals surface area contributed by atoms with Gasteiger partial charge >= 0.3 is 0 Å². The van der Waals surface area contributed by atoms with Crippen LogP contribution in [0.4, 0.5) is 0 Å². The van der Waals surface area contributed by atoms with E-state index >= 15 is 0 Å².